The molecule has 2 aromatic rings. The highest BCUT2D eigenvalue weighted by Crippen LogP contribution is 2.28. The van der Waals surface area contributed by atoms with E-state index in [1.807, 2.05) is 5.32 Å². The first-order chi connectivity index (χ1) is 14.5. The Bertz CT molecular complexity index is 1080. The summed E-state index contributed by atoms with van der Waals surface area (Å²) < 4.78 is 43.4. The Hall–Kier alpha value is -3.61. The van der Waals surface area contributed by atoms with Crippen molar-refractivity contribution < 1.29 is 27.5 Å². The Balaban J connectivity index is 2.01. The molecule has 0 fully saturated rings. The van der Waals surface area contributed by atoms with Crippen LogP contribution in [0.15, 0.2) is 18.2 Å². The van der Waals surface area contributed by atoms with Crippen molar-refractivity contribution >= 4 is 17.7 Å². The molecule has 31 heavy (non-hydrogen) atoms. The predicted molar refractivity (Wildman–Crippen MR) is 105 cm³/mol. The van der Waals surface area contributed by atoms with Crippen molar-refractivity contribution in [3.05, 3.63) is 52.1 Å². The minimum absolute atomic E-state index is 0.0248. The minimum atomic E-state index is -5.06. The van der Waals surface area contributed by atoms with Crippen molar-refractivity contribution in [1.29, 1.82) is 0 Å². The van der Waals surface area contributed by atoms with Crippen LogP contribution in [0.3, 0.4) is 0 Å². The largest absolute Gasteiger partial charge is 0.471 e. The number of fused-ring (bicyclic) bond motifs is 1. The molecule has 3 rings (SSSR count). The highest BCUT2D eigenvalue weighted by molar-refractivity contribution is 5.96. The number of hydrogen-bond donors (Lipinski definition) is 2. The standard InChI is InChI=1S/C21H19F3N4O3/c1-11-7-13(8-12(2)26-11)3-6-16-18(28-19(29)21(22,23)24)9-14-4-5-15(31-20(25)30)10-17(14)27-16/h7-9,15H,4-5,10H2,1-2H3,(H2,25,30)(H,28,29). The lowest BCUT2D eigenvalue weighted by Crippen LogP contribution is -2.31. The van der Waals surface area contributed by atoms with E-state index in [0.717, 1.165) is 11.4 Å². The lowest BCUT2D eigenvalue weighted by molar-refractivity contribution is -0.167. The number of rotatable bonds is 2. The van der Waals surface area contributed by atoms with E-state index >= 15 is 0 Å². The van der Waals surface area contributed by atoms with Crippen LogP contribution in [-0.4, -0.2) is 34.2 Å². The average Bonchev–Trinajstić information content (AvgIpc) is 2.64. The van der Waals surface area contributed by atoms with Crippen molar-refractivity contribution in [3.8, 4) is 11.8 Å². The van der Waals surface area contributed by atoms with Gasteiger partial charge in [0, 0.05) is 29.1 Å². The Kier molecular flexibility index (Phi) is 6.15. The van der Waals surface area contributed by atoms with Gasteiger partial charge < -0.3 is 15.8 Å². The first-order valence-corrected chi connectivity index (χ1v) is 9.35. The third kappa shape index (κ3) is 5.72. The molecule has 2 amide bonds. The number of pyridine rings is 2. The van der Waals surface area contributed by atoms with Crippen LogP contribution in [0.25, 0.3) is 0 Å². The Labute approximate surface area is 176 Å². The van der Waals surface area contributed by atoms with E-state index in [2.05, 4.69) is 21.8 Å². The van der Waals surface area contributed by atoms with E-state index in [4.69, 9.17) is 10.5 Å². The molecule has 1 unspecified atom stereocenters. The maximum Gasteiger partial charge on any atom is 0.471 e. The highest BCUT2D eigenvalue weighted by atomic mass is 19.4. The van der Waals surface area contributed by atoms with Crippen molar-refractivity contribution in [1.82, 2.24) is 9.97 Å². The molecule has 0 saturated carbocycles. The van der Waals surface area contributed by atoms with E-state index < -0.39 is 24.3 Å². The fourth-order valence-corrected chi connectivity index (χ4v) is 3.31. The summed E-state index contributed by atoms with van der Waals surface area (Å²) in [5, 5.41) is 1.86. The summed E-state index contributed by atoms with van der Waals surface area (Å²) in [6, 6.07) is 4.88. The lowest BCUT2D eigenvalue weighted by atomic mass is 9.93. The quantitative estimate of drug-likeness (QED) is 0.710. The first kappa shape index (κ1) is 22.1. The van der Waals surface area contributed by atoms with Crippen LogP contribution in [0, 0.1) is 25.7 Å². The molecule has 7 nitrogen and oxygen atoms in total. The van der Waals surface area contributed by atoms with E-state index in [-0.39, 0.29) is 17.8 Å². The van der Waals surface area contributed by atoms with Gasteiger partial charge in [-0.15, -0.1) is 0 Å². The number of nitrogens with two attached hydrogens (primary N) is 1. The zero-order valence-corrected chi connectivity index (χ0v) is 16.8. The molecule has 1 atom stereocenters. The van der Waals surface area contributed by atoms with Crippen LogP contribution in [0.5, 0.6) is 0 Å². The van der Waals surface area contributed by atoms with Crippen molar-refractivity contribution in [2.24, 2.45) is 5.73 Å². The Morgan fingerprint density at radius 2 is 1.84 bits per heavy atom. The van der Waals surface area contributed by atoms with Gasteiger partial charge in [-0.3, -0.25) is 9.78 Å². The number of carbonyl (C=O) groups excluding carboxylic acids is 2. The van der Waals surface area contributed by atoms with Gasteiger partial charge in [0.15, 0.2) is 0 Å². The Morgan fingerprint density at radius 1 is 1.16 bits per heavy atom. The van der Waals surface area contributed by atoms with Gasteiger partial charge in [-0.1, -0.05) is 5.92 Å². The molecule has 0 aromatic carbocycles. The van der Waals surface area contributed by atoms with Crippen LogP contribution >= 0.6 is 0 Å². The summed E-state index contributed by atoms with van der Waals surface area (Å²) in [6.45, 7) is 3.59. The summed E-state index contributed by atoms with van der Waals surface area (Å²) in [5.74, 6) is 3.49. The molecular formula is C21H19F3N4O3. The first-order valence-electron chi connectivity index (χ1n) is 9.35. The molecule has 2 heterocycles. The van der Waals surface area contributed by atoms with Crippen LogP contribution < -0.4 is 11.1 Å². The maximum absolute atomic E-state index is 12.8. The SMILES string of the molecule is Cc1cc(C#Cc2nc3c(cc2NC(=O)C(F)(F)F)CCC(OC(N)=O)C3)cc(C)n1. The Morgan fingerprint density at radius 3 is 2.45 bits per heavy atom. The second kappa shape index (κ2) is 8.63. The van der Waals surface area contributed by atoms with E-state index in [9.17, 15) is 22.8 Å². The number of amides is 2. The number of carbonyl (C=O) groups is 2. The van der Waals surface area contributed by atoms with Crippen LogP contribution in [0.2, 0.25) is 0 Å². The monoisotopic (exact) mass is 432 g/mol. The molecule has 3 N–H and O–H groups in total. The number of aromatic nitrogens is 2. The number of ether oxygens (including phenoxy) is 1. The normalized spacial score (nSPS) is 15.3. The third-order valence-corrected chi connectivity index (χ3v) is 4.54. The van der Waals surface area contributed by atoms with Crippen molar-refractivity contribution in [3.63, 3.8) is 0 Å². The fourth-order valence-electron chi connectivity index (χ4n) is 3.31. The van der Waals surface area contributed by atoms with E-state index in [1.165, 1.54) is 6.07 Å². The summed E-state index contributed by atoms with van der Waals surface area (Å²) in [4.78, 5) is 31.1. The van der Waals surface area contributed by atoms with Crippen LogP contribution in [-0.2, 0) is 22.4 Å². The van der Waals surface area contributed by atoms with Crippen LogP contribution in [0.1, 0.15) is 40.3 Å². The molecule has 0 radical (unpaired) electrons. The highest BCUT2D eigenvalue weighted by Gasteiger charge is 2.39. The molecule has 0 aliphatic heterocycles. The predicted octanol–water partition coefficient (Wildman–Crippen LogP) is 2.95. The molecular weight excluding hydrogens is 413 g/mol. The van der Waals surface area contributed by atoms with Crippen molar-refractivity contribution in [2.45, 2.75) is 45.4 Å². The molecule has 2 aromatic heterocycles. The van der Waals surface area contributed by atoms with Crippen molar-refractivity contribution in [2.75, 3.05) is 5.32 Å². The molecule has 0 spiro atoms. The number of hydrogen-bond acceptors (Lipinski definition) is 5. The number of primary amides is 1. The number of nitrogens with one attached hydrogen (secondary N) is 1. The summed E-state index contributed by atoms with van der Waals surface area (Å²) in [7, 11) is 0. The molecule has 0 saturated heterocycles. The molecule has 10 heteroatoms. The van der Waals surface area contributed by atoms with Gasteiger partial charge in [-0.05, 0) is 56.4 Å². The van der Waals surface area contributed by atoms with Gasteiger partial charge in [0.25, 0.3) is 0 Å². The van der Waals surface area contributed by atoms with Gasteiger partial charge in [0.1, 0.15) is 11.8 Å². The summed E-state index contributed by atoms with van der Waals surface area (Å²) in [6.07, 6.45) is -5.38. The molecule has 162 valence electrons. The van der Waals surface area contributed by atoms with E-state index in [1.54, 1.807) is 26.0 Å². The van der Waals surface area contributed by atoms with Gasteiger partial charge in [0.05, 0.1) is 5.69 Å². The van der Waals surface area contributed by atoms with Gasteiger partial charge in [0.2, 0.25) is 0 Å². The lowest BCUT2D eigenvalue weighted by Gasteiger charge is -2.24. The van der Waals surface area contributed by atoms with Gasteiger partial charge >= 0.3 is 18.2 Å². The molecule has 1 aliphatic rings. The number of anilines is 1. The second-order valence-electron chi connectivity index (χ2n) is 7.13. The van der Waals surface area contributed by atoms with Crippen LogP contribution in [0.4, 0.5) is 23.7 Å². The number of aryl methyl sites for hydroxylation is 3. The van der Waals surface area contributed by atoms with E-state index in [0.29, 0.717) is 29.7 Å². The summed E-state index contributed by atoms with van der Waals surface area (Å²) >= 11 is 0. The topological polar surface area (TPSA) is 107 Å². The number of nitrogens with zero attached hydrogens (tertiary/aromatic N) is 2. The fraction of sp³-hybridized carbons (Fsp3) is 0.333. The number of alkyl halides is 3. The maximum atomic E-state index is 12.8. The average molecular weight is 432 g/mol. The second-order valence-corrected chi connectivity index (χ2v) is 7.13. The van der Waals surface area contributed by atoms with Gasteiger partial charge in [-0.25, -0.2) is 9.78 Å². The minimum Gasteiger partial charge on any atom is -0.446 e. The zero-order chi connectivity index (χ0) is 22.8. The smallest absolute Gasteiger partial charge is 0.446 e. The molecule has 1 aliphatic carbocycles. The number of halogens is 3. The molecule has 0 bridgehead atoms. The summed E-state index contributed by atoms with van der Waals surface area (Å²) in [5.41, 5.74) is 8.15. The zero-order valence-electron chi connectivity index (χ0n) is 16.8. The third-order valence-electron chi connectivity index (χ3n) is 4.54. The van der Waals surface area contributed by atoms with Gasteiger partial charge in [-0.2, -0.15) is 13.2 Å².